The van der Waals surface area contributed by atoms with Gasteiger partial charge in [0, 0.05) is 31.5 Å². The predicted octanol–water partition coefficient (Wildman–Crippen LogP) is 4.07. The third kappa shape index (κ3) is 5.09. The van der Waals surface area contributed by atoms with Gasteiger partial charge >= 0.3 is 0 Å². The molecule has 1 unspecified atom stereocenters. The van der Waals surface area contributed by atoms with Crippen LogP contribution in [0.2, 0.25) is 0 Å². The van der Waals surface area contributed by atoms with Gasteiger partial charge in [0.2, 0.25) is 0 Å². The highest BCUT2D eigenvalue weighted by molar-refractivity contribution is 7.17. The summed E-state index contributed by atoms with van der Waals surface area (Å²) in [5.41, 5.74) is 3.00. The maximum Gasteiger partial charge on any atom is 0.261 e. The molecule has 0 aromatic carbocycles. The third-order valence-electron chi connectivity index (χ3n) is 6.21. The summed E-state index contributed by atoms with van der Waals surface area (Å²) in [6.07, 6.45) is 4.98. The van der Waals surface area contributed by atoms with Crippen LogP contribution in [0.3, 0.4) is 0 Å². The van der Waals surface area contributed by atoms with Gasteiger partial charge in [0.15, 0.2) is 5.65 Å². The molecule has 8 nitrogen and oxygen atoms in total. The van der Waals surface area contributed by atoms with Crippen molar-refractivity contribution < 1.29 is 14.3 Å². The lowest BCUT2D eigenvalue weighted by molar-refractivity contribution is 0.0698. The van der Waals surface area contributed by atoms with E-state index in [1.54, 1.807) is 12.4 Å². The fourth-order valence-corrected chi connectivity index (χ4v) is 4.63. The summed E-state index contributed by atoms with van der Waals surface area (Å²) >= 11 is 1.39. The largest absolute Gasteiger partial charge is 0.381 e. The van der Waals surface area contributed by atoms with E-state index in [9.17, 15) is 9.59 Å². The summed E-state index contributed by atoms with van der Waals surface area (Å²) in [5, 5.41) is 6.17. The first-order valence-corrected chi connectivity index (χ1v) is 12.1. The molecule has 1 fully saturated rings. The van der Waals surface area contributed by atoms with E-state index in [1.165, 1.54) is 11.3 Å². The maximum absolute atomic E-state index is 12.9. The molecule has 3 aromatic heterocycles. The number of carbonyl (C=O) groups excluding carboxylic acids is 2. The van der Waals surface area contributed by atoms with Gasteiger partial charge in [-0.3, -0.25) is 9.59 Å². The second kappa shape index (κ2) is 9.23. The minimum absolute atomic E-state index is 0.0113. The number of ether oxygens (including phenoxy) is 1. The molecule has 1 aliphatic heterocycles. The lowest BCUT2D eigenvalue weighted by Crippen LogP contribution is -2.41. The normalized spacial score (nSPS) is 16.0. The Hall–Kier alpha value is -2.78. The number of carbonyl (C=O) groups is 2. The van der Waals surface area contributed by atoms with E-state index in [2.05, 4.69) is 41.4 Å². The number of nitrogens with zero attached hydrogens (tertiary/aromatic N) is 2. The van der Waals surface area contributed by atoms with Crippen LogP contribution in [0.1, 0.15) is 66.1 Å². The van der Waals surface area contributed by atoms with Crippen LogP contribution in [0.15, 0.2) is 18.5 Å². The number of aromatic nitrogens is 3. The Balaban J connectivity index is 1.58. The first kappa shape index (κ1) is 23.4. The van der Waals surface area contributed by atoms with Crippen LogP contribution in [0.5, 0.6) is 0 Å². The van der Waals surface area contributed by atoms with Crippen LogP contribution in [-0.2, 0) is 4.74 Å². The molecule has 176 valence electrons. The average molecular weight is 470 g/mol. The number of aryl methyl sites for hydroxylation is 1. The Morgan fingerprint density at radius 3 is 2.67 bits per heavy atom. The van der Waals surface area contributed by atoms with Crippen LogP contribution in [-0.4, -0.2) is 52.1 Å². The second-order valence-corrected chi connectivity index (χ2v) is 10.8. The van der Waals surface area contributed by atoms with Crippen LogP contribution < -0.4 is 10.6 Å². The van der Waals surface area contributed by atoms with Crippen molar-refractivity contribution in [3.63, 3.8) is 0 Å². The van der Waals surface area contributed by atoms with Gasteiger partial charge in [-0.15, -0.1) is 11.3 Å². The summed E-state index contributed by atoms with van der Waals surface area (Å²) in [7, 11) is 0. The molecule has 1 saturated heterocycles. The summed E-state index contributed by atoms with van der Waals surface area (Å²) in [6, 6.07) is 2.08. The van der Waals surface area contributed by atoms with Crippen molar-refractivity contribution in [3.8, 4) is 10.6 Å². The number of hydrogen-bond acceptors (Lipinski definition) is 6. The standard InChI is InChI=1S/C24H31N5O3S/c1-13-10-18(33-20(13)23(31)28-15-6-8-32-9-7-15)17-12-26-21-19(29-17)16(11-25-21)22(30)27-14(2)24(3,4)5/h10-12,14-15H,6-9H2,1-5H3,(H,25,26)(H,27,30)(H,28,31). The number of hydrogen-bond donors (Lipinski definition) is 3. The van der Waals surface area contributed by atoms with E-state index >= 15 is 0 Å². The molecule has 0 radical (unpaired) electrons. The lowest BCUT2D eigenvalue weighted by atomic mass is 9.88. The van der Waals surface area contributed by atoms with Crippen molar-refractivity contribution in [2.24, 2.45) is 5.41 Å². The van der Waals surface area contributed by atoms with Gasteiger partial charge in [-0.2, -0.15) is 0 Å². The zero-order valence-corrected chi connectivity index (χ0v) is 20.6. The van der Waals surface area contributed by atoms with E-state index < -0.39 is 0 Å². The fraction of sp³-hybridized carbons (Fsp3) is 0.500. The molecule has 1 aliphatic rings. The van der Waals surface area contributed by atoms with Gasteiger partial charge in [-0.05, 0) is 43.7 Å². The number of H-pyrrole nitrogens is 1. The second-order valence-electron chi connectivity index (χ2n) is 9.70. The van der Waals surface area contributed by atoms with Crippen LogP contribution >= 0.6 is 11.3 Å². The van der Waals surface area contributed by atoms with Gasteiger partial charge in [0.05, 0.1) is 27.2 Å². The molecular formula is C24H31N5O3S. The Morgan fingerprint density at radius 2 is 1.97 bits per heavy atom. The molecular weight excluding hydrogens is 438 g/mol. The van der Waals surface area contributed by atoms with Crippen molar-refractivity contribution in [2.45, 2.75) is 59.5 Å². The summed E-state index contributed by atoms with van der Waals surface area (Å²) in [6.45, 7) is 11.5. The van der Waals surface area contributed by atoms with E-state index in [1.807, 2.05) is 19.9 Å². The number of nitrogens with one attached hydrogen (secondary N) is 3. The van der Waals surface area contributed by atoms with Crippen LogP contribution in [0.4, 0.5) is 0 Å². The van der Waals surface area contributed by atoms with Crippen LogP contribution in [0, 0.1) is 12.3 Å². The molecule has 3 N–H and O–H groups in total. The SMILES string of the molecule is Cc1cc(-c2cnc3[nH]cc(C(=O)NC(C)C(C)(C)C)c3n2)sc1C(=O)NC1CCOCC1. The predicted molar refractivity (Wildman–Crippen MR) is 130 cm³/mol. The zero-order chi connectivity index (χ0) is 23.8. The monoisotopic (exact) mass is 469 g/mol. The van der Waals surface area contributed by atoms with Gasteiger partial charge in [0.25, 0.3) is 11.8 Å². The van der Waals surface area contributed by atoms with Crippen LogP contribution in [0.25, 0.3) is 21.7 Å². The maximum atomic E-state index is 12.9. The van der Waals surface area contributed by atoms with E-state index in [0.29, 0.717) is 40.5 Å². The summed E-state index contributed by atoms with van der Waals surface area (Å²) in [5.74, 6) is -0.253. The van der Waals surface area contributed by atoms with Gasteiger partial charge in [0.1, 0.15) is 5.52 Å². The molecule has 0 bridgehead atoms. The molecule has 0 saturated carbocycles. The summed E-state index contributed by atoms with van der Waals surface area (Å²) in [4.78, 5) is 39.5. The molecule has 4 rings (SSSR count). The van der Waals surface area contributed by atoms with E-state index in [4.69, 9.17) is 9.72 Å². The fourth-order valence-electron chi connectivity index (χ4n) is 3.60. The number of aromatic amines is 1. The smallest absolute Gasteiger partial charge is 0.261 e. The topological polar surface area (TPSA) is 109 Å². The number of rotatable bonds is 5. The highest BCUT2D eigenvalue weighted by atomic mass is 32.1. The lowest BCUT2D eigenvalue weighted by Gasteiger charge is -2.27. The number of amides is 2. The van der Waals surface area contributed by atoms with Gasteiger partial charge in [-0.1, -0.05) is 20.8 Å². The molecule has 2 amide bonds. The van der Waals surface area contributed by atoms with Crippen molar-refractivity contribution >= 4 is 34.3 Å². The van der Waals surface area contributed by atoms with Crippen molar-refractivity contribution in [2.75, 3.05) is 13.2 Å². The molecule has 0 spiro atoms. The van der Waals surface area contributed by atoms with Gasteiger partial charge in [-0.25, -0.2) is 9.97 Å². The Bertz CT molecular complexity index is 1170. The van der Waals surface area contributed by atoms with Gasteiger partial charge < -0.3 is 20.4 Å². The Labute approximate surface area is 197 Å². The third-order valence-corrected chi connectivity index (χ3v) is 7.46. The quantitative estimate of drug-likeness (QED) is 0.522. The summed E-state index contributed by atoms with van der Waals surface area (Å²) < 4.78 is 5.37. The first-order chi connectivity index (χ1) is 15.6. The number of thiophene rings is 1. The molecule has 3 aromatic rings. The minimum atomic E-state index is -0.186. The van der Waals surface area contributed by atoms with Crippen molar-refractivity contribution in [3.05, 3.63) is 34.5 Å². The molecule has 33 heavy (non-hydrogen) atoms. The molecule has 4 heterocycles. The first-order valence-electron chi connectivity index (χ1n) is 11.3. The van der Waals surface area contributed by atoms with E-state index in [-0.39, 0.29) is 29.3 Å². The molecule has 0 aliphatic carbocycles. The Kier molecular flexibility index (Phi) is 6.54. The highest BCUT2D eigenvalue weighted by Gasteiger charge is 2.25. The molecule has 1 atom stereocenters. The van der Waals surface area contributed by atoms with Crippen molar-refractivity contribution in [1.82, 2.24) is 25.6 Å². The average Bonchev–Trinajstić information content (AvgIpc) is 3.36. The van der Waals surface area contributed by atoms with E-state index in [0.717, 1.165) is 23.3 Å². The Morgan fingerprint density at radius 1 is 1.24 bits per heavy atom. The number of fused-ring (bicyclic) bond motifs is 1. The van der Waals surface area contributed by atoms with Crippen molar-refractivity contribution in [1.29, 1.82) is 0 Å². The minimum Gasteiger partial charge on any atom is -0.381 e. The zero-order valence-electron chi connectivity index (χ0n) is 19.7. The highest BCUT2D eigenvalue weighted by Crippen LogP contribution is 2.31. The molecule has 9 heteroatoms.